The molecule has 9 rings (SSSR count). The number of aromatic nitrogens is 3. The molecule has 0 unspecified atom stereocenters. The molecule has 0 N–H and O–H groups in total. The summed E-state index contributed by atoms with van der Waals surface area (Å²) in [7, 11) is 0. The van der Waals surface area contributed by atoms with Crippen LogP contribution in [0.25, 0.3) is 88.2 Å². The standard InChI is InChI=1S/C43H27N3/c1-3-21-45-40(5-1)34-25-33(26-35(27-34)41-6-2-4-22-46-41)37-16-12-32-13-17-38-36(15-11-31-14-18-39(37)43(32)42(31)38)30-9-7-28(8-10-30)29-19-23-44-24-20-29/h1-27H. The highest BCUT2D eigenvalue weighted by Crippen LogP contribution is 2.43. The number of nitrogens with zero attached hydrogens (tertiary/aromatic N) is 3. The van der Waals surface area contributed by atoms with E-state index < -0.39 is 0 Å². The smallest absolute Gasteiger partial charge is 0.0702 e. The van der Waals surface area contributed by atoms with Crippen LogP contribution in [0.2, 0.25) is 0 Å². The van der Waals surface area contributed by atoms with E-state index in [0.717, 1.165) is 28.1 Å². The Bertz CT molecular complexity index is 2430. The third kappa shape index (κ3) is 4.41. The Morgan fingerprint density at radius 3 is 1.35 bits per heavy atom. The molecule has 214 valence electrons. The van der Waals surface area contributed by atoms with Gasteiger partial charge in [0.15, 0.2) is 0 Å². The topological polar surface area (TPSA) is 38.7 Å². The Morgan fingerprint density at radius 2 is 0.804 bits per heavy atom. The fourth-order valence-electron chi connectivity index (χ4n) is 6.84. The molecule has 3 nitrogen and oxygen atoms in total. The van der Waals surface area contributed by atoms with Gasteiger partial charge in [0.1, 0.15) is 0 Å². The first-order valence-corrected chi connectivity index (χ1v) is 15.5. The maximum atomic E-state index is 4.69. The summed E-state index contributed by atoms with van der Waals surface area (Å²) >= 11 is 0. The first-order valence-electron chi connectivity index (χ1n) is 15.5. The molecule has 0 atom stereocenters. The van der Waals surface area contributed by atoms with E-state index in [9.17, 15) is 0 Å². The molecule has 0 aliphatic heterocycles. The quantitative estimate of drug-likeness (QED) is 0.189. The van der Waals surface area contributed by atoms with E-state index in [0.29, 0.717) is 0 Å². The predicted molar refractivity (Wildman–Crippen MR) is 191 cm³/mol. The second kappa shape index (κ2) is 10.8. The van der Waals surface area contributed by atoms with Crippen LogP contribution in [0.1, 0.15) is 0 Å². The summed E-state index contributed by atoms with van der Waals surface area (Å²) in [5.74, 6) is 0. The van der Waals surface area contributed by atoms with Gasteiger partial charge in [0, 0.05) is 35.9 Å². The van der Waals surface area contributed by atoms with Gasteiger partial charge in [0.25, 0.3) is 0 Å². The van der Waals surface area contributed by atoms with Crippen molar-refractivity contribution in [3.8, 4) is 55.9 Å². The van der Waals surface area contributed by atoms with E-state index in [1.807, 2.05) is 61.2 Å². The zero-order valence-corrected chi connectivity index (χ0v) is 24.9. The summed E-state index contributed by atoms with van der Waals surface area (Å²) < 4.78 is 0. The van der Waals surface area contributed by atoms with Crippen molar-refractivity contribution in [2.45, 2.75) is 0 Å². The van der Waals surface area contributed by atoms with Gasteiger partial charge in [-0.1, -0.05) is 84.9 Å². The van der Waals surface area contributed by atoms with Gasteiger partial charge in [-0.2, -0.15) is 0 Å². The van der Waals surface area contributed by atoms with Crippen molar-refractivity contribution < 1.29 is 0 Å². The minimum Gasteiger partial charge on any atom is -0.265 e. The Balaban J connectivity index is 1.24. The number of hydrogen-bond acceptors (Lipinski definition) is 3. The molecule has 0 fully saturated rings. The molecule has 0 aliphatic rings. The van der Waals surface area contributed by atoms with Gasteiger partial charge in [-0.25, -0.2) is 0 Å². The van der Waals surface area contributed by atoms with Crippen LogP contribution >= 0.6 is 0 Å². The van der Waals surface area contributed by atoms with Crippen molar-refractivity contribution in [2.75, 3.05) is 0 Å². The molecular weight excluding hydrogens is 558 g/mol. The largest absolute Gasteiger partial charge is 0.265 e. The monoisotopic (exact) mass is 585 g/mol. The summed E-state index contributed by atoms with van der Waals surface area (Å²) in [5.41, 5.74) is 11.2. The number of pyridine rings is 3. The Morgan fingerprint density at radius 1 is 0.326 bits per heavy atom. The summed E-state index contributed by atoms with van der Waals surface area (Å²) in [6, 6.07) is 50.0. The third-order valence-electron chi connectivity index (χ3n) is 9.04. The number of rotatable bonds is 5. The van der Waals surface area contributed by atoms with E-state index in [1.54, 1.807) is 0 Å². The van der Waals surface area contributed by atoms with Crippen molar-refractivity contribution in [1.29, 1.82) is 0 Å². The van der Waals surface area contributed by atoms with E-state index in [2.05, 4.69) is 118 Å². The minimum atomic E-state index is 0.943. The Labute approximate surface area is 266 Å². The van der Waals surface area contributed by atoms with Crippen LogP contribution in [0.5, 0.6) is 0 Å². The van der Waals surface area contributed by atoms with E-state index in [-0.39, 0.29) is 0 Å². The van der Waals surface area contributed by atoms with Crippen LogP contribution < -0.4 is 0 Å². The molecule has 0 amide bonds. The maximum absolute atomic E-state index is 4.69. The van der Waals surface area contributed by atoms with Gasteiger partial charge in [-0.3, -0.25) is 15.0 Å². The zero-order valence-electron chi connectivity index (χ0n) is 24.9. The highest BCUT2D eigenvalue weighted by atomic mass is 14.7. The van der Waals surface area contributed by atoms with Gasteiger partial charge in [-0.05, 0) is 120 Å². The molecular formula is C43H27N3. The summed E-state index contributed by atoms with van der Waals surface area (Å²) in [6.07, 6.45) is 7.38. The van der Waals surface area contributed by atoms with Gasteiger partial charge < -0.3 is 0 Å². The van der Waals surface area contributed by atoms with Crippen LogP contribution in [0.4, 0.5) is 0 Å². The average Bonchev–Trinajstić information content (AvgIpc) is 3.14. The lowest BCUT2D eigenvalue weighted by molar-refractivity contribution is 1.31. The normalized spacial score (nSPS) is 11.5. The van der Waals surface area contributed by atoms with Crippen LogP contribution in [0.15, 0.2) is 164 Å². The van der Waals surface area contributed by atoms with E-state index in [4.69, 9.17) is 0 Å². The highest BCUT2D eigenvalue weighted by Gasteiger charge is 2.16. The third-order valence-corrected chi connectivity index (χ3v) is 9.04. The molecule has 3 heteroatoms. The Hall–Kier alpha value is -6.19. The molecule has 46 heavy (non-hydrogen) atoms. The first kappa shape index (κ1) is 26.2. The molecule has 3 heterocycles. The van der Waals surface area contributed by atoms with Crippen molar-refractivity contribution in [1.82, 2.24) is 15.0 Å². The fourth-order valence-corrected chi connectivity index (χ4v) is 6.84. The van der Waals surface area contributed by atoms with E-state index in [1.165, 1.54) is 60.1 Å². The Kier molecular flexibility index (Phi) is 6.14. The molecule has 0 radical (unpaired) electrons. The predicted octanol–water partition coefficient (Wildman–Crippen LogP) is 11.1. The molecule has 0 saturated heterocycles. The van der Waals surface area contributed by atoms with Crippen LogP contribution in [0.3, 0.4) is 0 Å². The SMILES string of the molecule is c1ccc(-c2cc(-c3ccccn3)cc(-c3ccc4ccc5c(-c6ccc(-c7ccncc7)cc6)ccc6ccc3c4c65)c2)nc1. The van der Waals surface area contributed by atoms with Crippen molar-refractivity contribution in [2.24, 2.45) is 0 Å². The maximum Gasteiger partial charge on any atom is 0.0702 e. The number of benzene rings is 6. The molecule has 0 aliphatic carbocycles. The van der Waals surface area contributed by atoms with Gasteiger partial charge in [0.2, 0.25) is 0 Å². The first-order chi connectivity index (χ1) is 22.8. The summed E-state index contributed by atoms with van der Waals surface area (Å²) in [6.45, 7) is 0. The second-order valence-corrected chi connectivity index (χ2v) is 11.7. The second-order valence-electron chi connectivity index (χ2n) is 11.7. The van der Waals surface area contributed by atoms with Crippen molar-refractivity contribution >= 4 is 32.3 Å². The lowest BCUT2D eigenvalue weighted by Crippen LogP contribution is -1.92. The van der Waals surface area contributed by atoms with Crippen molar-refractivity contribution in [3.05, 3.63) is 164 Å². The molecule has 6 aromatic carbocycles. The highest BCUT2D eigenvalue weighted by molar-refractivity contribution is 6.27. The zero-order chi connectivity index (χ0) is 30.5. The van der Waals surface area contributed by atoms with Gasteiger partial charge in [0.05, 0.1) is 11.4 Å². The molecule has 0 bridgehead atoms. The average molecular weight is 586 g/mol. The van der Waals surface area contributed by atoms with E-state index >= 15 is 0 Å². The molecule has 9 aromatic rings. The summed E-state index contributed by atoms with van der Waals surface area (Å²) in [4.78, 5) is 13.5. The fraction of sp³-hybridized carbons (Fsp3) is 0. The molecule has 0 saturated carbocycles. The lowest BCUT2D eigenvalue weighted by Gasteiger charge is -2.17. The van der Waals surface area contributed by atoms with Gasteiger partial charge >= 0.3 is 0 Å². The van der Waals surface area contributed by atoms with Gasteiger partial charge in [-0.15, -0.1) is 0 Å². The molecule has 3 aromatic heterocycles. The minimum absolute atomic E-state index is 0.943. The van der Waals surface area contributed by atoms with Crippen LogP contribution in [-0.4, -0.2) is 15.0 Å². The van der Waals surface area contributed by atoms with Crippen LogP contribution in [-0.2, 0) is 0 Å². The number of hydrogen-bond donors (Lipinski definition) is 0. The van der Waals surface area contributed by atoms with Crippen molar-refractivity contribution in [3.63, 3.8) is 0 Å². The summed E-state index contributed by atoms with van der Waals surface area (Å²) in [5, 5.41) is 7.60. The van der Waals surface area contributed by atoms with Crippen LogP contribution in [0, 0.1) is 0 Å². The molecule has 0 spiro atoms. The lowest BCUT2D eigenvalue weighted by atomic mass is 9.86.